The monoisotopic (exact) mass is 221 g/mol. The van der Waals surface area contributed by atoms with Crippen molar-refractivity contribution in [1.29, 1.82) is 0 Å². The largest absolute Gasteiger partial charge is 0.379 e. The average Bonchev–Trinajstić information content (AvgIpc) is 2.17. The summed E-state index contributed by atoms with van der Waals surface area (Å²) in [6.07, 6.45) is 2.17. The molecule has 0 bridgehead atoms. The second-order valence-corrected chi connectivity index (χ2v) is 6.86. The molecule has 0 aliphatic carbocycles. The second-order valence-electron chi connectivity index (χ2n) is 3.61. The SMILES string of the molecule is CSC(C)(C)SCN1CCOCC1. The standard InChI is InChI=1S/C9H19NOS2/c1-9(2,12-3)13-8-10-4-6-11-7-5-10/h4-8H2,1-3H3. The molecule has 13 heavy (non-hydrogen) atoms. The highest BCUT2D eigenvalue weighted by molar-refractivity contribution is 8.17. The van der Waals surface area contributed by atoms with Gasteiger partial charge in [0.1, 0.15) is 0 Å². The first-order chi connectivity index (χ1) is 6.14. The van der Waals surface area contributed by atoms with Crippen molar-refractivity contribution < 1.29 is 4.74 Å². The maximum absolute atomic E-state index is 5.30. The zero-order chi connectivity index (χ0) is 9.73. The molecule has 1 heterocycles. The minimum atomic E-state index is 0.346. The van der Waals surface area contributed by atoms with Gasteiger partial charge in [-0.05, 0) is 20.1 Å². The van der Waals surface area contributed by atoms with Gasteiger partial charge in [0.25, 0.3) is 0 Å². The van der Waals surface area contributed by atoms with E-state index in [0.717, 1.165) is 32.2 Å². The first kappa shape index (κ1) is 11.7. The summed E-state index contributed by atoms with van der Waals surface area (Å²) >= 11 is 3.94. The summed E-state index contributed by atoms with van der Waals surface area (Å²) in [4.78, 5) is 2.46. The maximum atomic E-state index is 5.30. The summed E-state index contributed by atoms with van der Waals surface area (Å²) in [6.45, 7) is 8.56. The van der Waals surface area contributed by atoms with Gasteiger partial charge >= 0.3 is 0 Å². The normalized spacial score (nSPS) is 20.5. The fraction of sp³-hybridized carbons (Fsp3) is 1.00. The van der Waals surface area contributed by atoms with Crippen LogP contribution in [0, 0.1) is 0 Å². The number of ether oxygens (including phenoxy) is 1. The minimum Gasteiger partial charge on any atom is -0.379 e. The van der Waals surface area contributed by atoms with Gasteiger partial charge in [0.05, 0.1) is 17.3 Å². The first-order valence-electron chi connectivity index (χ1n) is 4.63. The molecule has 0 aromatic carbocycles. The number of morpholine rings is 1. The Morgan fingerprint density at radius 2 is 1.92 bits per heavy atom. The van der Waals surface area contributed by atoms with Gasteiger partial charge in [0.2, 0.25) is 0 Å². The molecule has 0 spiro atoms. The Hall–Kier alpha value is 0.620. The molecule has 2 nitrogen and oxygen atoms in total. The summed E-state index contributed by atoms with van der Waals surface area (Å²) in [5.41, 5.74) is 0. The highest BCUT2D eigenvalue weighted by Crippen LogP contribution is 2.34. The molecule has 0 atom stereocenters. The molecule has 0 amide bonds. The number of thioether (sulfide) groups is 2. The number of rotatable bonds is 4. The van der Waals surface area contributed by atoms with Gasteiger partial charge in [-0.3, -0.25) is 4.90 Å². The lowest BCUT2D eigenvalue weighted by atomic mass is 10.5. The smallest absolute Gasteiger partial charge is 0.0594 e. The highest BCUT2D eigenvalue weighted by atomic mass is 32.2. The van der Waals surface area contributed by atoms with Crippen molar-refractivity contribution in [3.8, 4) is 0 Å². The topological polar surface area (TPSA) is 12.5 Å². The Labute approximate surface area is 89.8 Å². The molecule has 1 rings (SSSR count). The summed E-state index contributed by atoms with van der Waals surface area (Å²) < 4.78 is 5.65. The van der Waals surface area contributed by atoms with Crippen LogP contribution in [-0.4, -0.2) is 47.4 Å². The van der Waals surface area contributed by atoms with Gasteiger partial charge in [0, 0.05) is 19.0 Å². The van der Waals surface area contributed by atoms with Crippen molar-refractivity contribution in [2.45, 2.75) is 17.9 Å². The molecule has 0 aromatic rings. The van der Waals surface area contributed by atoms with E-state index < -0.39 is 0 Å². The molecule has 0 unspecified atom stereocenters. The quantitative estimate of drug-likeness (QED) is 0.674. The van der Waals surface area contributed by atoms with Crippen LogP contribution in [0.4, 0.5) is 0 Å². The van der Waals surface area contributed by atoms with Crippen LogP contribution >= 0.6 is 23.5 Å². The van der Waals surface area contributed by atoms with Crippen molar-refractivity contribution in [3.05, 3.63) is 0 Å². The summed E-state index contributed by atoms with van der Waals surface area (Å²) in [7, 11) is 0. The molecule has 0 N–H and O–H groups in total. The van der Waals surface area contributed by atoms with Gasteiger partial charge in [-0.2, -0.15) is 0 Å². The molecule has 0 radical (unpaired) electrons. The Kier molecular flexibility index (Phi) is 4.94. The average molecular weight is 221 g/mol. The molecule has 78 valence electrons. The fourth-order valence-corrected chi connectivity index (χ4v) is 2.42. The van der Waals surface area contributed by atoms with E-state index in [9.17, 15) is 0 Å². The van der Waals surface area contributed by atoms with E-state index in [0.29, 0.717) is 4.08 Å². The Morgan fingerprint density at radius 1 is 1.31 bits per heavy atom. The van der Waals surface area contributed by atoms with Gasteiger partial charge in [-0.25, -0.2) is 0 Å². The molecular weight excluding hydrogens is 202 g/mol. The van der Waals surface area contributed by atoms with Crippen LogP contribution in [0.25, 0.3) is 0 Å². The Balaban J connectivity index is 2.17. The zero-order valence-electron chi connectivity index (χ0n) is 8.71. The van der Waals surface area contributed by atoms with E-state index in [1.165, 1.54) is 0 Å². The third kappa shape index (κ3) is 4.58. The second kappa shape index (κ2) is 5.49. The molecule has 1 fully saturated rings. The van der Waals surface area contributed by atoms with Crippen LogP contribution in [0.15, 0.2) is 0 Å². The van der Waals surface area contributed by atoms with Crippen LogP contribution in [0.5, 0.6) is 0 Å². The van der Waals surface area contributed by atoms with Crippen LogP contribution in [0.2, 0.25) is 0 Å². The van der Waals surface area contributed by atoms with E-state index in [-0.39, 0.29) is 0 Å². The summed E-state index contributed by atoms with van der Waals surface area (Å²) in [5, 5.41) is 0. The molecule has 4 heteroatoms. The van der Waals surface area contributed by atoms with Crippen LogP contribution < -0.4 is 0 Å². The van der Waals surface area contributed by atoms with E-state index in [2.05, 4.69) is 25.0 Å². The van der Waals surface area contributed by atoms with E-state index in [1.807, 2.05) is 23.5 Å². The third-order valence-electron chi connectivity index (χ3n) is 2.19. The Bertz CT molecular complexity index is 147. The van der Waals surface area contributed by atoms with Gasteiger partial charge in [-0.15, -0.1) is 23.5 Å². The van der Waals surface area contributed by atoms with Crippen LogP contribution in [0.3, 0.4) is 0 Å². The van der Waals surface area contributed by atoms with Crippen molar-refractivity contribution in [2.24, 2.45) is 0 Å². The van der Waals surface area contributed by atoms with Crippen molar-refractivity contribution >= 4 is 23.5 Å². The van der Waals surface area contributed by atoms with Gasteiger partial charge < -0.3 is 4.74 Å². The van der Waals surface area contributed by atoms with Crippen LogP contribution in [0.1, 0.15) is 13.8 Å². The first-order valence-corrected chi connectivity index (χ1v) is 6.84. The van der Waals surface area contributed by atoms with Gasteiger partial charge in [-0.1, -0.05) is 0 Å². The molecule has 0 saturated carbocycles. The lowest BCUT2D eigenvalue weighted by molar-refractivity contribution is 0.0473. The van der Waals surface area contributed by atoms with Gasteiger partial charge in [0.15, 0.2) is 0 Å². The molecular formula is C9H19NOS2. The molecule has 0 aromatic heterocycles. The van der Waals surface area contributed by atoms with E-state index in [1.54, 1.807) is 0 Å². The zero-order valence-corrected chi connectivity index (χ0v) is 10.3. The summed E-state index contributed by atoms with van der Waals surface area (Å²) in [6, 6.07) is 0. The maximum Gasteiger partial charge on any atom is 0.0594 e. The number of hydrogen-bond acceptors (Lipinski definition) is 4. The van der Waals surface area contributed by atoms with Crippen molar-refractivity contribution in [1.82, 2.24) is 4.90 Å². The number of nitrogens with zero attached hydrogens (tertiary/aromatic N) is 1. The van der Waals surface area contributed by atoms with Crippen molar-refractivity contribution in [2.75, 3.05) is 38.4 Å². The lowest BCUT2D eigenvalue weighted by Gasteiger charge is -2.30. The predicted octanol–water partition coefficient (Wildman–Crippen LogP) is 2.11. The Morgan fingerprint density at radius 3 is 2.46 bits per heavy atom. The predicted molar refractivity (Wildman–Crippen MR) is 62.4 cm³/mol. The highest BCUT2D eigenvalue weighted by Gasteiger charge is 2.19. The third-order valence-corrected chi connectivity index (χ3v) is 5.22. The fourth-order valence-electron chi connectivity index (χ4n) is 1.04. The number of hydrogen-bond donors (Lipinski definition) is 0. The molecule has 1 aliphatic heterocycles. The molecule has 1 saturated heterocycles. The minimum absolute atomic E-state index is 0.346. The van der Waals surface area contributed by atoms with Crippen molar-refractivity contribution in [3.63, 3.8) is 0 Å². The molecule has 1 aliphatic rings. The van der Waals surface area contributed by atoms with Crippen LogP contribution in [-0.2, 0) is 4.74 Å². The summed E-state index contributed by atoms with van der Waals surface area (Å²) in [5.74, 6) is 1.14. The van der Waals surface area contributed by atoms with E-state index in [4.69, 9.17) is 4.74 Å². The van der Waals surface area contributed by atoms with E-state index >= 15 is 0 Å². The lowest BCUT2D eigenvalue weighted by Crippen LogP contribution is -2.36.